The van der Waals surface area contributed by atoms with E-state index in [0.29, 0.717) is 12.3 Å². The van der Waals surface area contributed by atoms with Crippen LogP contribution in [-0.2, 0) is 14.9 Å². The molecule has 0 atom stereocenters. The van der Waals surface area contributed by atoms with Gasteiger partial charge in [-0.15, -0.1) is 0 Å². The van der Waals surface area contributed by atoms with Gasteiger partial charge in [-0.2, -0.15) is 0 Å². The van der Waals surface area contributed by atoms with Gasteiger partial charge in [0, 0.05) is 63.8 Å². The normalized spacial score (nSPS) is 20.4. The Kier molecular flexibility index (Phi) is 7.78. The molecule has 0 spiro atoms. The molecule has 2 aliphatic rings. The van der Waals surface area contributed by atoms with Crippen LogP contribution >= 0.6 is 11.6 Å². The number of piperidine rings is 1. The van der Waals surface area contributed by atoms with E-state index in [1.807, 2.05) is 19.2 Å². The van der Waals surface area contributed by atoms with Crippen molar-refractivity contribution in [2.45, 2.75) is 37.5 Å². The van der Waals surface area contributed by atoms with Crippen molar-refractivity contribution in [2.24, 2.45) is 10.9 Å². The second-order valence-electron chi connectivity index (χ2n) is 8.08. The van der Waals surface area contributed by atoms with Crippen LogP contribution in [0.2, 0.25) is 5.02 Å². The number of ether oxygens (including phenoxy) is 1. The number of aliphatic imine (C=N–C) groups is 1. The number of rotatable bonds is 5. The summed E-state index contributed by atoms with van der Waals surface area (Å²) in [5.41, 5.74) is 1.14. The fourth-order valence-corrected chi connectivity index (χ4v) is 4.82. The second-order valence-corrected chi connectivity index (χ2v) is 8.49. The molecule has 1 amide bonds. The van der Waals surface area contributed by atoms with E-state index in [-0.39, 0.29) is 11.3 Å². The van der Waals surface area contributed by atoms with Gasteiger partial charge in [-0.3, -0.25) is 9.79 Å². The minimum atomic E-state index is -0.0515. The molecule has 7 heteroatoms. The fraction of sp³-hybridized carbons (Fsp3) is 0.636. The molecule has 0 radical (unpaired) electrons. The van der Waals surface area contributed by atoms with Crippen LogP contribution in [0.5, 0.6) is 0 Å². The topological polar surface area (TPSA) is 66.0 Å². The maximum Gasteiger partial charge on any atom is 0.220 e. The summed E-state index contributed by atoms with van der Waals surface area (Å²) < 4.78 is 5.64. The number of amides is 1. The van der Waals surface area contributed by atoms with Crippen LogP contribution in [0.3, 0.4) is 0 Å². The van der Waals surface area contributed by atoms with Gasteiger partial charge in [0.1, 0.15) is 0 Å². The van der Waals surface area contributed by atoms with E-state index in [0.717, 1.165) is 69.5 Å². The van der Waals surface area contributed by atoms with Crippen molar-refractivity contribution < 1.29 is 9.53 Å². The Morgan fingerprint density at radius 2 is 1.97 bits per heavy atom. The first-order chi connectivity index (χ1) is 14.1. The Bertz CT molecular complexity index is 711. The summed E-state index contributed by atoms with van der Waals surface area (Å²) in [6, 6.07) is 8.15. The van der Waals surface area contributed by atoms with Crippen molar-refractivity contribution in [2.75, 3.05) is 46.9 Å². The molecular weight excluding hydrogens is 388 g/mol. The average molecular weight is 421 g/mol. The number of likely N-dealkylation sites (tertiary alicyclic amines) is 1. The van der Waals surface area contributed by atoms with Gasteiger partial charge in [-0.05, 0) is 43.2 Å². The van der Waals surface area contributed by atoms with E-state index in [9.17, 15) is 4.79 Å². The summed E-state index contributed by atoms with van der Waals surface area (Å²) >= 11 is 6.57. The molecule has 29 heavy (non-hydrogen) atoms. The zero-order valence-corrected chi connectivity index (χ0v) is 18.3. The first kappa shape index (κ1) is 21.9. The summed E-state index contributed by atoms with van der Waals surface area (Å²) in [6.45, 7) is 4.12. The van der Waals surface area contributed by atoms with E-state index in [2.05, 4.69) is 32.7 Å². The lowest BCUT2D eigenvalue weighted by molar-refractivity contribution is -0.121. The van der Waals surface area contributed by atoms with Crippen molar-refractivity contribution in [3.63, 3.8) is 0 Å². The third kappa shape index (κ3) is 5.43. The van der Waals surface area contributed by atoms with Crippen LogP contribution in [0.25, 0.3) is 0 Å². The van der Waals surface area contributed by atoms with E-state index < -0.39 is 0 Å². The maximum atomic E-state index is 11.6. The number of benzene rings is 1. The SMILES string of the molecule is CN=C(NCC1(c2ccccc2Cl)CCOCC1)N1CCC(CC(=O)NC)CC1. The Hall–Kier alpha value is -1.79. The summed E-state index contributed by atoms with van der Waals surface area (Å²) in [5, 5.41) is 7.17. The van der Waals surface area contributed by atoms with Crippen LogP contribution in [0.15, 0.2) is 29.3 Å². The number of carbonyl (C=O) groups is 1. The van der Waals surface area contributed by atoms with Gasteiger partial charge >= 0.3 is 0 Å². The molecule has 0 unspecified atom stereocenters. The lowest BCUT2D eigenvalue weighted by Crippen LogP contribution is -2.51. The molecule has 160 valence electrons. The number of nitrogens with one attached hydrogen (secondary N) is 2. The smallest absolute Gasteiger partial charge is 0.220 e. The molecule has 1 aromatic rings. The van der Waals surface area contributed by atoms with Crippen molar-refractivity contribution >= 4 is 23.5 Å². The number of guanidine groups is 1. The van der Waals surface area contributed by atoms with E-state index in [1.54, 1.807) is 7.05 Å². The molecule has 0 saturated carbocycles. The largest absolute Gasteiger partial charge is 0.381 e. The predicted molar refractivity (Wildman–Crippen MR) is 118 cm³/mol. The van der Waals surface area contributed by atoms with Gasteiger partial charge < -0.3 is 20.3 Å². The molecule has 0 aliphatic carbocycles. The predicted octanol–water partition coefficient (Wildman–Crippen LogP) is 2.81. The van der Waals surface area contributed by atoms with Crippen LogP contribution in [-0.4, -0.2) is 63.7 Å². The molecule has 0 aromatic heterocycles. The van der Waals surface area contributed by atoms with Crippen LogP contribution < -0.4 is 10.6 Å². The molecule has 2 fully saturated rings. The van der Waals surface area contributed by atoms with Gasteiger partial charge in [-0.25, -0.2) is 0 Å². The highest BCUT2D eigenvalue weighted by Gasteiger charge is 2.36. The summed E-state index contributed by atoms with van der Waals surface area (Å²) in [6.07, 6.45) is 4.52. The summed E-state index contributed by atoms with van der Waals surface area (Å²) in [5.74, 6) is 1.52. The minimum Gasteiger partial charge on any atom is -0.381 e. The number of halogens is 1. The van der Waals surface area contributed by atoms with Gasteiger partial charge in [0.05, 0.1) is 0 Å². The van der Waals surface area contributed by atoms with Gasteiger partial charge in [-0.1, -0.05) is 29.8 Å². The average Bonchev–Trinajstić information content (AvgIpc) is 2.76. The number of hydrogen-bond donors (Lipinski definition) is 2. The highest BCUT2D eigenvalue weighted by Crippen LogP contribution is 2.38. The molecule has 3 rings (SSSR count). The highest BCUT2D eigenvalue weighted by molar-refractivity contribution is 6.31. The number of nitrogens with zero attached hydrogens (tertiary/aromatic N) is 2. The zero-order chi connectivity index (χ0) is 20.7. The Balaban J connectivity index is 1.63. The molecule has 6 nitrogen and oxygen atoms in total. The second kappa shape index (κ2) is 10.3. The van der Waals surface area contributed by atoms with Crippen molar-refractivity contribution in [3.05, 3.63) is 34.9 Å². The van der Waals surface area contributed by atoms with E-state index in [4.69, 9.17) is 16.3 Å². The standard InChI is InChI=1S/C22H33ClN4O2/c1-24-20(28)15-17-7-11-27(12-8-17)21(25-2)26-16-22(9-13-29-14-10-22)18-5-3-4-6-19(18)23/h3-6,17H,7-16H2,1-2H3,(H,24,28)(H,25,26). The van der Waals surface area contributed by atoms with E-state index >= 15 is 0 Å². The Morgan fingerprint density at radius 3 is 2.59 bits per heavy atom. The van der Waals surface area contributed by atoms with Crippen LogP contribution in [0.1, 0.15) is 37.7 Å². The van der Waals surface area contributed by atoms with Crippen molar-refractivity contribution in [3.8, 4) is 0 Å². The molecule has 2 N–H and O–H groups in total. The van der Waals surface area contributed by atoms with Crippen LogP contribution in [0.4, 0.5) is 0 Å². The van der Waals surface area contributed by atoms with E-state index in [1.165, 1.54) is 5.56 Å². The number of hydrogen-bond acceptors (Lipinski definition) is 3. The minimum absolute atomic E-state index is 0.0515. The van der Waals surface area contributed by atoms with Crippen LogP contribution in [0, 0.1) is 5.92 Å². The lowest BCUT2D eigenvalue weighted by Gasteiger charge is -2.40. The fourth-order valence-electron chi connectivity index (χ4n) is 4.49. The monoisotopic (exact) mass is 420 g/mol. The molecule has 2 aliphatic heterocycles. The van der Waals surface area contributed by atoms with Gasteiger partial charge in [0.25, 0.3) is 0 Å². The molecule has 2 saturated heterocycles. The quantitative estimate of drug-likeness (QED) is 0.567. The third-order valence-electron chi connectivity index (χ3n) is 6.36. The number of carbonyl (C=O) groups excluding carboxylic acids is 1. The Labute approximate surface area is 179 Å². The molecule has 2 heterocycles. The summed E-state index contributed by atoms with van der Waals surface area (Å²) in [4.78, 5) is 18.5. The third-order valence-corrected chi connectivity index (χ3v) is 6.69. The van der Waals surface area contributed by atoms with Gasteiger partial charge in [0.15, 0.2) is 5.96 Å². The first-order valence-electron chi connectivity index (χ1n) is 10.6. The maximum absolute atomic E-state index is 11.6. The van der Waals surface area contributed by atoms with Crippen molar-refractivity contribution in [1.29, 1.82) is 0 Å². The lowest BCUT2D eigenvalue weighted by atomic mass is 9.74. The molecule has 1 aromatic carbocycles. The first-order valence-corrected chi connectivity index (χ1v) is 10.9. The summed E-state index contributed by atoms with van der Waals surface area (Å²) in [7, 11) is 3.54. The molecular formula is C22H33ClN4O2. The zero-order valence-electron chi connectivity index (χ0n) is 17.5. The van der Waals surface area contributed by atoms with Gasteiger partial charge in [0.2, 0.25) is 5.91 Å². The van der Waals surface area contributed by atoms with Crippen molar-refractivity contribution in [1.82, 2.24) is 15.5 Å². The highest BCUT2D eigenvalue weighted by atomic mass is 35.5. The Morgan fingerprint density at radius 1 is 1.28 bits per heavy atom. The molecule has 0 bridgehead atoms.